The minimum absolute atomic E-state index is 0.113. The Labute approximate surface area is 119 Å². The Balaban J connectivity index is 2.29. The molecule has 98 valence electrons. The third-order valence-electron chi connectivity index (χ3n) is 3.13. The lowest BCUT2D eigenvalue weighted by atomic mass is 10.0. The van der Waals surface area contributed by atoms with Crippen molar-refractivity contribution < 1.29 is 0 Å². The first-order valence-corrected chi connectivity index (χ1v) is 7.45. The van der Waals surface area contributed by atoms with E-state index in [0.717, 1.165) is 22.3 Å². The van der Waals surface area contributed by atoms with Gasteiger partial charge in [0.15, 0.2) is 0 Å². The third kappa shape index (κ3) is 2.51. The SMILES string of the molecule is Cc1cscc1C(Cc1c(Br)c(C)nn1C)NN. The van der Waals surface area contributed by atoms with Crippen LogP contribution in [-0.2, 0) is 13.5 Å². The second kappa shape index (κ2) is 5.52. The minimum atomic E-state index is 0.113. The Bertz CT molecular complexity index is 546. The number of hydrogen-bond donors (Lipinski definition) is 2. The number of nitrogens with zero attached hydrogens (tertiary/aromatic N) is 2. The van der Waals surface area contributed by atoms with Crippen LogP contribution in [-0.4, -0.2) is 9.78 Å². The molecule has 0 aliphatic heterocycles. The number of nitrogens with one attached hydrogen (secondary N) is 1. The summed E-state index contributed by atoms with van der Waals surface area (Å²) in [4.78, 5) is 0. The molecule has 0 aromatic carbocycles. The highest BCUT2D eigenvalue weighted by atomic mass is 79.9. The smallest absolute Gasteiger partial charge is 0.0738 e. The van der Waals surface area contributed by atoms with Crippen LogP contribution in [0.25, 0.3) is 0 Å². The second-order valence-electron chi connectivity index (χ2n) is 4.40. The Morgan fingerprint density at radius 3 is 2.67 bits per heavy atom. The van der Waals surface area contributed by atoms with Crippen molar-refractivity contribution in [2.24, 2.45) is 12.9 Å². The van der Waals surface area contributed by atoms with Crippen LogP contribution in [0.5, 0.6) is 0 Å². The molecule has 2 rings (SSSR count). The largest absolute Gasteiger partial charge is 0.271 e. The van der Waals surface area contributed by atoms with Crippen LogP contribution in [0.2, 0.25) is 0 Å². The van der Waals surface area contributed by atoms with Crippen molar-refractivity contribution in [3.8, 4) is 0 Å². The number of nitrogens with two attached hydrogens (primary N) is 1. The molecule has 1 unspecified atom stereocenters. The predicted octanol–water partition coefficient (Wildman–Crippen LogP) is 2.61. The highest BCUT2D eigenvalue weighted by molar-refractivity contribution is 9.10. The lowest BCUT2D eigenvalue weighted by Gasteiger charge is -2.16. The van der Waals surface area contributed by atoms with Gasteiger partial charge in [-0.1, -0.05) is 0 Å². The normalized spacial score (nSPS) is 12.9. The summed E-state index contributed by atoms with van der Waals surface area (Å²) in [5.41, 5.74) is 7.59. The first-order chi connectivity index (χ1) is 8.54. The van der Waals surface area contributed by atoms with Crippen LogP contribution in [0.4, 0.5) is 0 Å². The number of aromatic nitrogens is 2. The molecular weight excluding hydrogens is 312 g/mol. The molecule has 0 radical (unpaired) electrons. The lowest BCUT2D eigenvalue weighted by molar-refractivity contribution is 0.528. The number of aryl methyl sites for hydroxylation is 3. The van der Waals surface area contributed by atoms with E-state index in [1.807, 2.05) is 18.7 Å². The molecule has 0 saturated heterocycles. The van der Waals surface area contributed by atoms with Crippen LogP contribution < -0.4 is 11.3 Å². The van der Waals surface area contributed by atoms with E-state index in [9.17, 15) is 0 Å². The van der Waals surface area contributed by atoms with E-state index in [2.05, 4.69) is 44.1 Å². The molecule has 0 aliphatic carbocycles. The zero-order valence-electron chi connectivity index (χ0n) is 10.7. The summed E-state index contributed by atoms with van der Waals surface area (Å²) >= 11 is 5.30. The van der Waals surface area contributed by atoms with E-state index in [1.165, 1.54) is 11.1 Å². The van der Waals surface area contributed by atoms with Gasteiger partial charge >= 0.3 is 0 Å². The number of hydrazine groups is 1. The quantitative estimate of drug-likeness (QED) is 0.670. The maximum absolute atomic E-state index is 5.70. The summed E-state index contributed by atoms with van der Waals surface area (Å²) in [7, 11) is 1.96. The second-order valence-corrected chi connectivity index (χ2v) is 5.94. The molecule has 6 heteroatoms. The maximum atomic E-state index is 5.70. The van der Waals surface area contributed by atoms with Gasteiger partial charge < -0.3 is 0 Å². The van der Waals surface area contributed by atoms with Gasteiger partial charge in [0.25, 0.3) is 0 Å². The molecular formula is C12H17BrN4S. The van der Waals surface area contributed by atoms with Crippen molar-refractivity contribution in [2.75, 3.05) is 0 Å². The van der Waals surface area contributed by atoms with Crippen LogP contribution >= 0.6 is 27.3 Å². The van der Waals surface area contributed by atoms with Crippen molar-refractivity contribution in [3.05, 3.63) is 37.7 Å². The molecule has 4 nitrogen and oxygen atoms in total. The molecule has 0 spiro atoms. The summed E-state index contributed by atoms with van der Waals surface area (Å²) < 4.78 is 2.98. The number of halogens is 1. The fourth-order valence-corrected chi connectivity index (χ4v) is 3.48. The molecule has 18 heavy (non-hydrogen) atoms. The first-order valence-electron chi connectivity index (χ1n) is 5.71. The molecule has 1 atom stereocenters. The van der Waals surface area contributed by atoms with E-state index < -0.39 is 0 Å². The molecule has 0 bridgehead atoms. The van der Waals surface area contributed by atoms with Gasteiger partial charge in [0, 0.05) is 13.5 Å². The summed E-state index contributed by atoms with van der Waals surface area (Å²) in [6, 6.07) is 0.113. The van der Waals surface area contributed by atoms with Crippen molar-refractivity contribution in [1.29, 1.82) is 0 Å². The van der Waals surface area contributed by atoms with Crippen LogP contribution in [0.1, 0.15) is 28.6 Å². The third-order valence-corrected chi connectivity index (χ3v) is 5.04. The predicted molar refractivity (Wildman–Crippen MR) is 78.5 cm³/mol. The van der Waals surface area contributed by atoms with Crippen molar-refractivity contribution >= 4 is 27.3 Å². The van der Waals surface area contributed by atoms with Gasteiger partial charge in [0.2, 0.25) is 0 Å². The van der Waals surface area contributed by atoms with Crippen molar-refractivity contribution in [1.82, 2.24) is 15.2 Å². The van der Waals surface area contributed by atoms with Gasteiger partial charge in [-0.05, 0) is 51.7 Å². The maximum Gasteiger partial charge on any atom is 0.0738 e. The van der Waals surface area contributed by atoms with Gasteiger partial charge in [-0.2, -0.15) is 16.4 Å². The highest BCUT2D eigenvalue weighted by Crippen LogP contribution is 2.28. The van der Waals surface area contributed by atoms with Crippen molar-refractivity contribution in [2.45, 2.75) is 26.3 Å². The molecule has 2 heterocycles. The molecule has 2 aromatic rings. The Morgan fingerprint density at radius 2 is 2.22 bits per heavy atom. The molecule has 0 fully saturated rings. The van der Waals surface area contributed by atoms with Crippen LogP contribution in [0.3, 0.4) is 0 Å². The molecule has 0 saturated carbocycles. The topological polar surface area (TPSA) is 55.9 Å². The molecule has 3 N–H and O–H groups in total. The summed E-state index contributed by atoms with van der Waals surface area (Å²) in [5, 5.41) is 8.70. The van der Waals surface area contributed by atoms with Gasteiger partial charge in [-0.15, -0.1) is 0 Å². The summed E-state index contributed by atoms with van der Waals surface area (Å²) in [5.74, 6) is 5.70. The molecule has 2 aromatic heterocycles. The summed E-state index contributed by atoms with van der Waals surface area (Å²) in [6.45, 7) is 4.11. The zero-order chi connectivity index (χ0) is 13.3. The zero-order valence-corrected chi connectivity index (χ0v) is 13.1. The Hall–Kier alpha value is -0.690. The van der Waals surface area contributed by atoms with Gasteiger partial charge in [-0.25, -0.2) is 0 Å². The number of thiophene rings is 1. The summed E-state index contributed by atoms with van der Waals surface area (Å²) in [6.07, 6.45) is 0.812. The molecule has 0 aliphatic rings. The first kappa shape index (κ1) is 13.7. The minimum Gasteiger partial charge on any atom is -0.271 e. The van der Waals surface area contributed by atoms with Gasteiger partial charge in [-0.3, -0.25) is 16.0 Å². The average molecular weight is 329 g/mol. The van der Waals surface area contributed by atoms with Gasteiger partial charge in [0.1, 0.15) is 0 Å². The van der Waals surface area contributed by atoms with Gasteiger partial charge in [0.05, 0.1) is 21.9 Å². The van der Waals surface area contributed by atoms with E-state index >= 15 is 0 Å². The Morgan fingerprint density at radius 1 is 1.50 bits per heavy atom. The standard InChI is InChI=1S/C12H17BrN4S/c1-7-5-18-6-9(7)10(15-14)4-11-12(13)8(2)16-17(11)3/h5-6,10,15H,4,14H2,1-3H3. The molecule has 0 amide bonds. The number of hydrogen-bond acceptors (Lipinski definition) is 4. The number of rotatable bonds is 4. The van der Waals surface area contributed by atoms with E-state index in [-0.39, 0.29) is 6.04 Å². The fourth-order valence-electron chi connectivity index (χ4n) is 2.08. The van der Waals surface area contributed by atoms with Crippen LogP contribution in [0.15, 0.2) is 15.2 Å². The highest BCUT2D eigenvalue weighted by Gasteiger charge is 2.19. The fraction of sp³-hybridized carbons (Fsp3) is 0.417. The van der Waals surface area contributed by atoms with Crippen LogP contribution in [0, 0.1) is 13.8 Å². The Kier molecular flexibility index (Phi) is 4.21. The average Bonchev–Trinajstić information content (AvgIpc) is 2.84. The lowest BCUT2D eigenvalue weighted by Crippen LogP contribution is -2.30. The monoisotopic (exact) mass is 328 g/mol. The van der Waals surface area contributed by atoms with Crippen molar-refractivity contribution in [3.63, 3.8) is 0 Å². The van der Waals surface area contributed by atoms with E-state index in [1.54, 1.807) is 11.3 Å². The van der Waals surface area contributed by atoms with E-state index in [4.69, 9.17) is 5.84 Å². The van der Waals surface area contributed by atoms with E-state index in [0.29, 0.717) is 0 Å².